The summed E-state index contributed by atoms with van der Waals surface area (Å²) in [6.45, 7) is 9.08. The Bertz CT molecular complexity index is 1230. The molecule has 0 N–H and O–H groups in total. The van der Waals surface area contributed by atoms with Crippen LogP contribution in [0.25, 0.3) is 22.8 Å². The van der Waals surface area contributed by atoms with Gasteiger partial charge in [0.05, 0.1) is 0 Å². The van der Waals surface area contributed by atoms with E-state index in [-0.39, 0.29) is 5.41 Å². The molecule has 0 aromatic heterocycles. The van der Waals surface area contributed by atoms with Gasteiger partial charge in [-0.2, -0.15) is 0 Å². The van der Waals surface area contributed by atoms with E-state index in [2.05, 4.69) is 125 Å². The van der Waals surface area contributed by atoms with Crippen LogP contribution in [-0.4, -0.2) is 0 Å². The topological polar surface area (TPSA) is 0 Å². The first kappa shape index (κ1) is 26.9. The Morgan fingerprint density at radius 3 is 2.14 bits per heavy atom. The molecule has 0 heterocycles. The highest BCUT2D eigenvalue weighted by Gasteiger charge is 2.14. The smallest absolute Gasteiger partial charge is 0.00880 e. The van der Waals surface area contributed by atoms with Crippen LogP contribution in [0.1, 0.15) is 94.9 Å². The van der Waals surface area contributed by atoms with E-state index in [0.29, 0.717) is 0 Å². The summed E-state index contributed by atoms with van der Waals surface area (Å²) >= 11 is 0. The zero-order chi connectivity index (χ0) is 26.1. The Kier molecular flexibility index (Phi) is 9.40. The van der Waals surface area contributed by atoms with Crippen LogP contribution in [0.4, 0.5) is 0 Å². The number of benzene rings is 3. The van der Waals surface area contributed by atoms with Gasteiger partial charge in [-0.05, 0) is 69.2 Å². The molecule has 0 radical (unpaired) electrons. The van der Waals surface area contributed by atoms with E-state index >= 15 is 0 Å². The van der Waals surface area contributed by atoms with Crippen LogP contribution in [0.3, 0.4) is 0 Å². The van der Waals surface area contributed by atoms with E-state index in [9.17, 15) is 0 Å². The highest BCUT2D eigenvalue weighted by atomic mass is 14.2. The zero-order valence-corrected chi connectivity index (χ0v) is 23.4. The molecule has 4 rings (SSSR count). The summed E-state index contributed by atoms with van der Waals surface area (Å²) in [4.78, 5) is 0. The first-order valence-electron chi connectivity index (χ1n) is 14.3. The molecule has 0 saturated heterocycles. The van der Waals surface area contributed by atoms with Gasteiger partial charge >= 0.3 is 0 Å². The quantitative estimate of drug-likeness (QED) is 0.249. The largest absolute Gasteiger partial charge is 0.0722 e. The van der Waals surface area contributed by atoms with Crippen LogP contribution >= 0.6 is 0 Å². The van der Waals surface area contributed by atoms with Crippen LogP contribution in [0.2, 0.25) is 0 Å². The van der Waals surface area contributed by atoms with Gasteiger partial charge in [-0.25, -0.2) is 0 Å². The highest BCUT2D eigenvalue weighted by Crippen LogP contribution is 2.34. The molecule has 0 nitrogen and oxygen atoms in total. The molecule has 0 spiro atoms. The predicted octanol–water partition coefficient (Wildman–Crippen LogP) is 11.0. The lowest BCUT2D eigenvalue weighted by Gasteiger charge is -2.19. The lowest BCUT2D eigenvalue weighted by Crippen LogP contribution is -2.10. The lowest BCUT2D eigenvalue weighted by atomic mass is 9.86. The Morgan fingerprint density at radius 1 is 0.730 bits per heavy atom. The lowest BCUT2D eigenvalue weighted by molar-refractivity contribution is 0.590. The zero-order valence-electron chi connectivity index (χ0n) is 23.4. The summed E-state index contributed by atoms with van der Waals surface area (Å²) in [5.74, 6) is 0. The van der Waals surface area contributed by atoms with Crippen molar-refractivity contribution in [3.05, 3.63) is 119 Å². The van der Waals surface area contributed by atoms with Crippen molar-refractivity contribution in [3.63, 3.8) is 0 Å². The highest BCUT2D eigenvalue weighted by molar-refractivity contribution is 5.87. The number of aryl methyl sites for hydroxylation is 1. The molecule has 192 valence electrons. The van der Waals surface area contributed by atoms with E-state index in [1.54, 1.807) is 0 Å². The summed E-state index contributed by atoms with van der Waals surface area (Å²) in [5.41, 5.74) is 11.0. The van der Waals surface area contributed by atoms with Crippen molar-refractivity contribution >= 4 is 11.6 Å². The van der Waals surface area contributed by atoms with Gasteiger partial charge in [0.2, 0.25) is 0 Å². The Balaban J connectivity index is 1.49. The van der Waals surface area contributed by atoms with Gasteiger partial charge in [0.25, 0.3) is 0 Å². The van der Waals surface area contributed by atoms with E-state index in [4.69, 9.17) is 0 Å². The molecular formula is C37H44. The molecule has 3 aromatic rings. The predicted molar refractivity (Wildman–Crippen MR) is 164 cm³/mol. The molecule has 0 bridgehead atoms. The molecule has 3 aromatic carbocycles. The van der Waals surface area contributed by atoms with Crippen molar-refractivity contribution < 1.29 is 0 Å². The number of hydrogen-bond acceptors (Lipinski definition) is 0. The van der Waals surface area contributed by atoms with Gasteiger partial charge < -0.3 is 0 Å². The summed E-state index contributed by atoms with van der Waals surface area (Å²) in [6, 6.07) is 27.1. The second-order valence-electron chi connectivity index (χ2n) is 11.6. The van der Waals surface area contributed by atoms with Gasteiger partial charge in [0.15, 0.2) is 0 Å². The number of rotatable bonds is 10. The molecule has 37 heavy (non-hydrogen) atoms. The first-order chi connectivity index (χ1) is 17.9. The summed E-state index contributed by atoms with van der Waals surface area (Å²) in [7, 11) is 0. The van der Waals surface area contributed by atoms with Gasteiger partial charge in [0.1, 0.15) is 0 Å². The molecule has 0 atom stereocenters. The third kappa shape index (κ3) is 7.68. The van der Waals surface area contributed by atoms with Crippen molar-refractivity contribution in [2.45, 2.75) is 84.5 Å². The Labute approximate surface area is 225 Å². The van der Waals surface area contributed by atoms with Crippen LogP contribution in [-0.2, 0) is 11.8 Å². The Hall–Kier alpha value is -3.12. The maximum absolute atomic E-state index is 2.44. The van der Waals surface area contributed by atoms with Crippen molar-refractivity contribution in [2.24, 2.45) is 0 Å². The van der Waals surface area contributed by atoms with Crippen molar-refractivity contribution in [2.75, 3.05) is 0 Å². The molecule has 0 amide bonds. The molecular weight excluding hydrogens is 444 g/mol. The SMILES string of the molecule is CCCCCCCCc1ccc(C2=CCC(=Cc3ccc(C(C)(C)C)cc3)C=C2)c(-c2ccccc2)c1. The molecule has 0 saturated carbocycles. The normalized spacial score (nSPS) is 14.7. The van der Waals surface area contributed by atoms with Crippen molar-refractivity contribution in [1.29, 1.82) is 0 Å². The van der Waals surface area contributed by atoms with E-state index in [1.165, 1.54) is 89.5 Å². The van der Waals surface area contributed by atoms with E-state index in [0.717, 1.165) is 6.42 Å². The number of allylic oxidation sites excluding steroid dienone is 5. The summed E-state index contributed by atoms with van der Waals surface area (Å²) < 4.78 is 0. The average Bonchev–Trinajstić information content (AvgIpc) is 2.91. The minimum absolute atomic E-state index is 0.189. The first-order valence-corrected chi connectivity index (χ1v) is 14.3. The molecule has 1 aliphatic rings. The fourth-order valence-corrected chi connectivity index (χ4v) is 5.13. The Morgan fingerprint density at radius 2 is 1.46 bits per heavy atom. The summed E-state index contributed by atoms with van der Waals surface area (Å²) in [5, 5.41) is 0. The fraction of sp³-hybridized carbons (Fsp3) is 0.351. The van der Waals surface area contributed by atoms with Crippen LogP contribution in [0, 0.1) is 0 Å². The molecule has 0 aliphatic heterocycles. The summed E-state index contributed by atoms with van der Waals surface area (Å²) in [6.07, 6.45) is 19.5. The van der Waals surface area contributed by atoms with Crippen LogP contribution in [0.5, 0.6) is 0 Å². The van der Waals surface area contributed by atoms with Crippen LogP contribution in [0.15, 0.2) is 96.6 Å². The maximum atomic E-state index is 2.44. The molecule has 1 aliphatic carbocycles. The third-order valence-electron chi connectivity index (χ3n) is 7.46. The monoisotopic (exact) mass is 488 g/mol. The van der Waals surface area contributed by atoms with Crippen molar-refractivity contribution in [3.8, 4) is 11.1 Å². The average molecular weight is 489 g/mol. The standard InChI is InChI=1S/C37H44/c1-5-6-7-8-9-11-14-29-21-26-35(36(28-29)32-15-12-10-13-16-32)33-22-17-30(18-23-33)27-31-19-24-34(25-20-31)37(2,3)4/h10,12-13,15-17,19-28H,5-9,11,14,18H2,1-4H3. The fourth-order valence-electron chi connectivity index (χ4n) is 5.13. The molecule has 0 fully saturated rings. The van der Waals surface area contributed by atoms with Crippen molar-refractivity contribution in [1.82, 2.24) is 0 Å². The minimum Gasteiger partial charge on any atom is -0.0722 e. The van der Waals surface area contributed by atoms with Crippen LogP contribution < -0.4 is 0 Å². The van der Waals surface area contributed by atoms with Gasteiger partial charge in [-0.15, -0.1) is 0 Å². The number of unbranched alkanes of at least 4 members (excludes halogenated alkanes) is 5. The van der Waals surface area contributed by atoms with Gasteiger partial charge in [-0.3, -0.25) is 0 Å². The van der Waals surface area contributed by atoms with E-state index < -0.39 is 0 Å². The maximum Gasteiger partial charge on any atom is -0.00880 e. The number of hydrogen-bond donors (Lipinski definition) is 0. The van der Waals surface area contributed by atoms with Gasteiger partial charge in [0, 0.05) is 0 Å². The minimum atomic E-state index is 0.189. The van der Waals surface area contributed by atoms with Gasteiger partial charge in [-0.1, -0.05) is 157 Å². The second kappa shape index (κ2) is 12.9. The molecule has 0 heteroatoms. The third-order valence-corrected chi connectivity index (χ3v) is 7.46. The van der Waals surface area contributed by atoms with E-state index in [1.807, 2.05) is 0 Å². The second-order valence-corrected chi connectivity index (χ2v) is 11.6. The molecule has 0 unspecified atom stereocenters.